The molecule has 0 aliphatic carbocycles. The molecule has 0 aromatic heterocycles. The first-order valence-electron chi connectivity index (χ1n) is 8.19. The van der Waals surface area contributed by atoms with Crippen molar-refractivity contribution in [3.8, 4) is 0 Å². The molecule has 19 heavy (non-hydrogen) atoms. The Morgan fingerprint density at radius 2 is 1.32 bits per heavy atom. The second kappa shape index (κ2) is 12.0. The summed E-state index contributed by atoms with van der Waals surface area (Å²) in [6, 6.07) is 0. The Morgan fingerprint density at radius 1 is 0.895 bits per heavy atom. The number of hydrogen-bond donors (Lipinski definition) is 0. The average molecular weight is 376 g/mol. The summed E-state index contributed by atoms with van der Waals surface area (Å²) >= 11 is -2.04. The van der Waals surface area contributed by atoms with Gasteiger partial charge in [0.05, 0.1) is 0 Å². The number of rotatable bonds is 11. The fourth-order valence-corrected chi connectivity index (χ4v) is 17.1. The molecule has 0 aromatic rings. The first-order chi connectivity index (χ1) is 9.14. The monoisotopic (exact) mass is 377 g/mol. The standard InChI is InChI=1S/C4H8NO.3C4H9.Sn/c1-4(5-2)6-3;3*1-3-4-2;/h2H2,1,3H3;3*1,3-4H2,2H3;/b5-4+;;;;. The van der Waals surface area contributed by atoms with Gasteiger partial charge in [-0.2, -0.15) is 0 Å². The summed E-state index contributed by atoms with van der Waals surface area (Å²) in [5.41, 5.74) is 0. The van der Waals surface area contributed by atoms with Gasteiger partial charge < -0.3 is 0 Å². The molecule has 0 amide bonds. The molecule has 2 nitrogen and oxygen atoms in total. The number of hydrogen-bond acceptors (Lipinski definition) is 2. The predicted octanol–water partition coefficient (Wildman–Crippen LogP) is 5.44. The van der Waals surface area contributed by atoms with E-state index in [1.165, 1.54) is 51.8 Å². The summed E-state index contributed by atoms with van der Waals surface area (Å²) in [5.74, 6) is 0.880. The fourth-order valence-electron chi connectivity index (χ4n) is 2.61. The minimum absolute atomic E-state index is 0.880. The molecular weight excluding hydrogens is 341 g/mol. The molecule has 0 saturated carbocycles. The van der Waals surface area contributed by atoms with E-state index in [0.717, 1.165) is 10.5 Å². The van der Waals surface area contributed by atoms with Crippen molar-refractivity contribution in [2.75, 3.05) is 11.7 Å². The Bertz CT molecular complexity index is 219. The first kappa shape index (κ1) is 19.3. The van der Waals surface area contributed by atoms with E-state index in [9.17, 15) is 0 Å². The molecule has 0 atom stereocenters. The minimum atomic E-state index is -2.04. The van der Waals surface area contributed by atoms with E-state index < -0.39 is 18.4 Å². The summed E-state index contributed by atoms with van der Waals surface area (Å²) in [4.78, 5) is 4.76. The molecule has 0 spiro atoms. The maximum absolute atomic E-state index is 5.24. The molecule has 114 valence electrons. The van der Waals surface area contributed by atoms with Crippen molar-refractivity contribution in [2.24, 2.45) is 4.99 Å². The molecule has 0 heterocycles. The van der Waals surface area contributed by atoms with Crippen LogP contribution < -0.4 is 0 Å². The third kappa shape index (κ3) is 8.93. The third-order valence-electron chi connectivity index (χ3n) is 4.11. The van der Waals surface area contributed by atoms with Crippen molar-refractivity contribution in [1.29, 1.82) is 0 Å². The second-order valence-corrected chi connectivity index (χ2v) is 19.6. The number of methoxy groups -OCH3 is 1. The van der Waals surface area contributed by atoms with Gasteiger partial charge in [-0.1, -0.05) is 0 Å². The summed E-state index contributed by atoms with van der Waals surface area (Å²) in [5, 5.41) is 0. The van der Waals surface area contributed by atoms with Crippen LogP contribution in [-0.4, -0.2) is 35.9 Å². The zero-order chi connectivity index (χ0) is 14.6. The van der Waals surface area contributed by atoms with Crippen LogP contribution in [-0.2, 0) is 4.74 Å². The second-order valence-electron chi connectivity index (χ2n) is 5.85. The SMILES string of the molecule is CCC[CH2][Sn]([CH2]CCC)([CH2]CCC)[CH2]/N=C(\C)OC. The van der Waals surface area contributed by atoms with Gasteiger partial charge in [0.2, 0.25) is 0 Å². The first-order valence-corrected chi connectivity index (χ1v) is 16.3. The Balaban J connectivity index is 4.75. The van der Waals surface area contributed by atoms with Crippen molar-refractivity contribution in [3.63, 3.8) is 0 Å². The maximum atomic E-state index is 5.24. The van der Waals surface area contributed by atoms with Crippen molar-refractivity contribution >= 4 is 24.3 Å². The van der Waals surface area contributed by atoms with Crippen LogP contribution in [0.5, 0.6) is 0 Å². The molecule has 0 aliphatic heterocycles. The van der Waals surface area contributed by atoms with Crippen LogP contribution >= 0.6 is 0 Å². The van der Waals surface area contributed by atoms with E-state index in [1.54, 1.807) is 7.11 Å². The summed E-state index contributed by atoms with van der Waals surface area (Å²) in [6.45, 7) is 8.95. The molecule has 0 N–H and O–H groups in total. The van der Waals surface area contributed by atoms with Crippen molar-refractivity contribution in [1.82, 2.24) is 0 Å². The van der Waals surface area contributed by atoms with E-state index >= 15 is 0 Å². The van der Waals surface area contributed by atoms with Crippen molar-refractivity contribution in [3.05, 3.63) is 0 Å². The molecule has 3 heteroatoms. The fraction of sp³-hybridized carbons (Fsp3) is 0.938. The number of aliphatic imine (C=N–C) groups is 1. The van der Waals surface area contributed by atoms with E-state index in [-0.39, 0.29) is 0 Å². The zero-order valence-corrected chi connectivity index (χ0v) is 16.8. The summed E-state index contributed by atoms with van der Waals surface area (Å²) in [6.07, 6.45) is 8.28. The Kier molecular flexibility index (Phi) is 12.2. The summed E-state index contributed by atoms with van der Waals surface area (Å²) < 4.78 is 11.0. The molecular formula is C16H35NOSn. The molecule has 0 unspecified atom stereocenters. The van der Waals surface area contributed by atoms with Crippen molar-refractivity contribution < 1.29 is 4.74 Å². The van der Waals surface area contributed by atoms with Gasteiger partial charge in [0.1, 0.15) is 0 Å². The average Bonchev–Trinajstić information content (AvgIpc) is 2.45. The van der Waals surface area contributed by atoms with Crippen LogP contribution in [0, 0.1) is 0 Å². The van der Waals surface area contributed by atoms with Crippen LogP contribution in [0.25, 0.3) is 0 Å². The number of ether oxygens (including phenoxy) is 1. The topological polar surface area (TPSA) is 21.6 Å². The molecule has 0 radical (unpaired) electrons. The van der Waals surface area contributed by atoms with Crippen LogP contribution in [0.1, 0.15) is 66.2 Å². The molecule has 0 bridgehead atoms. The Labute approximate surface area is 125 Å². The van der Waals surface area contributed by atoms with Crippen molar-refractivity contribution in [2.45, 2.75) is 79.5 Å². The van der Waals surface area contributed by atoms with E-state index in [0.29, 0.717) is 0 Å². The molecule has 0 saturated heterocycles. The third-order valence-corrected chi connectivity index (χ3v) is 18.6. The van der Waals surface area contributed by atoms with E-state index in [4.69, 9.17) is 9.73 Å². The van der Waals surface area contributed by atoms with Gasteiger partial charge in [-0.05, 0) is 0 Å². The van der Waals surface area contributed by atoms with Gasteiger partial charge >= 0.3 is 125 Å². The Morgan fingerprint density at radius 3 is 1.63 bits per heavy atom. The molecule has 0 fully saturated rings. The van der Waals surface area contributed by atoms with Gasteiger partial charge in [-0.25, -0.2) is 0 Å². The zero-order valence-electron chi connectivity index (χ0n) is 13.9. The number of nitrogens with zero attached hydrogens (tertiary/aromatic N) is 1. The predicted molar refractivity (Wildman–Crippen MR) is 89.9 cm³/mol. The van der Waals surface area contributed by atoms with E-state index in [1.807, 2.05) is 6.92 Å². The van der Waals surface area contributed by atoms with Gasteiger partial charge in [-0.3, -0.25) is 0 Å². The normalized spacial score (nSPS) is 12.8. The van der Waals surface area contributed by atoms with Gasteiger partial charge in [-0.15, -0.1) is 0 Å². The molecule has 0 aromatic carbocycles. The van der Waals surface area contributed by atoms with Gasteiger partial charge in [0, 0.05) is 0 Å². The van der Waals surface area contributed by atoms with Crippen LogP contribution in [0.15, 0.2) is 4.99 Å². The summed E-state index contributed by atoms with van der Waals surface area (Å²) in [7, 11) is 1.74. The van der Waals surface area contributed by atoms with Crippen LogP contribution in [0.4, 0.5) is 0 Å². The van der Waals surface area contributed by atoms with Gasteiger partial charge in [0.25, 0.3) is 0 Å². The van der Waals surface area contributed by atoms with E-state index in [2.05, 4.69) is 20.8 Å². The molecule has 0 rings (SSSR count). The van der Waals surface area contributed by atoms with Crippen LogP contribution in [0.3, 0.4) is 0 Å². The quantitative estimate of drug-likeness (QED) is 0.267. The van der Waals surface area contributed by atoms with Gasteiger partial charge in [0.15, 0.2) is 0 Å². The number of unbranched alkanes of at least 4 members (excludes halogenated alkanes) is 3. The van der Waals surface area contributed by atoms with Crippen LogP contribution in [0.2, 0.25) is 13.3 Å². The Hall–Kier alpha value is 0.269. The molecule has 0 aliphatic rings.